The number of benzene rings is 1. The van der Waals surface area contributed by atoms with Crippen LogP contribution in [0.4, 0.5) is 4.79 Å². The quantitative estimate of drug-likeness (QED) is 0.578. The van der Waals surface area contributed by atoms with E-state index in [1.165, 1.54) is 4.68 Å². The number of methoxy groups -OCH3 is 1. The lowest BCUT2D eigenvalue weighted by molar-refractivity contribution is -0.138. The van der Waals surface area contributed by atoms with Gasteiger partial charge in [0.2, 0.25) is 0 Å². The number of carbonyl (C=O) groups excluding carboxylic acids is 2. The molecule has 1 atom stereocenters. The Kier molecular flexibility index (Phi) is 4.83. The molecule has 136 valence electrons. The largest absolute Gasteiger partial charge is 0.497 e. The van der Waals surface area contributed by atoms with Crippen LogP contribution in [0, 0.1) is 0 Å². The van der Waals surface area contributed by atoms with Crippen LogP contribution in [0.2, 0.25) is 0 Å². The molecule has 1 aliphatic rings. The monoisotopic (exact) mass is 359 g/mol. The number of carboxylic acid groups (broad SMARTS) is 1. The third kappa shape index (κ3) is 3.97. The average molecular weight is 359 g/mol. The van der Waals surface area contributed by atoms with Crippen molar-refractivity contribution in [3.8, 4) is 5.75 Å². The van der Waals surface area contributed by atoms with E-state index in [0.29, 0.717) is 18.1 Å². The van der Waals surface area contributed by atoms with Crippen LogP contribution >= 0.6 is 0 Å². The smallest absolute Gasteiger partial charge is 0.325 e. The predicted octanol–water partition coefficient (Wildman–Crippen LogP) is -0.287. The fourth-order valence-electron chi connectivity index (χ4n) is 2.62. The maximum Gasteiger partial charge on any atom is 0.325 e. The zero-order valence-corrected chi connectivity index (χ0v) is 13.9. The average Bonchev–Trinajstić information content (AvgIpc) is 3.10. The van der Waals surface area contributed by atoms with Crippen molar-refractivity contribution in [1.82, 2.24) is 25.4 Å². The number of ether oxygens (including phenoxy) is 1. The Morgan fingerprint density at radius 2 is 2.04 bits per heavy atom. The molecule has 1 aromatic carbocycles. The first-order chi connectivity index (χ1) is 12.4. The molecule has 0 saturated carbocycles. The van der Waals surface area contributed by atoms with Crippen molar-refractivity contribution in [2.24, 2.45) is 0 Å². The predicted molar refractivity (Wildman–Crippen MR) is 87.6 cm³/mol. The van der Waals surface area contributed by atoms with Crippen molar-refractivity contribution in [3.05, 3.63) is 41.5 Å². The minimum Gasteiger partial charge on any atom is -0.497 e. The summed E-state index contributed by atoms with van der Waals surface area (Å²) in [4.78, 5) is 38.3. The van der Waals surface area contributed by atoms with E-state index in [-0.39, 0.29) is 13.0 Å². The number of carbonyl (C=O) groups is 3. The Labute approximate surface area is 148 Å². The number of amides is 3. The summed E-state index contributed by atoms with van der Waals surface area (Å²) in [5.41, 5.74) is 0.928. The standard InChI is InChI=1S/C16H17N5O5/c1-26-10-4-2-9(3-5-10)6-12-18-13(21(20-12)8-14(22)23)7-11-15(24)19-16(25)17-11/h2-5,11H,6-8H2,1H3,(H,22,23)(H2,17,19,24,25). The zero-order valence-electron chi connectivity index (χ0n) is 13.9. The lowest BCUT2D eigenvalue weighted by Crippen LogP contribution is -2.32. The Bertz CT molecular complexity index is 845. The van der Waals surface area contributed by atoms with E-state index in [0.717, 1.165) is 11.3 Å². The van der Waals surface area contributed by atoms with E-state index in [1.54, 1.807) is 7.11 Å². The van der Waals surface area contributed by atoms with E-state index >= 15 is 0 Å². The molecule has 0 spiro atoms. The molecule has 2 aromatic rings. The second kappa shape index (κ2) is 7.21. The number of aliphatic carboxylic acids is 1. The van der Waals surface area contributed by atoms with Crippen LogP contribution in [-0.4, -0.2) is 50.9 Å². The van der Waals surface area contributed by atoms with Gasteiger partial charge in [0.25, 0.3) is 5.91 Å². The Morgan fingerprint density at radius 1 is 1.31 bits per heavy atom. The first-order valence-corrected chi connectivity index (χ1v) is 7.83. The molecule has 3 amide bonds. The highest BCUT2D eigenvalue weighted by Gasteiger charge is 2.31. The number of aromatic nitrogens is 3. The van der Waals surface area contributed by atoms with Gasteiger partial charge in [-0.15, -0.1) is 0 Å². The molecule has 1 aliphatic heterocycles. The van der Waals surface area contributed by atoms with Gasteiger partial charge in [-0.2, -0.15) is 5.10 Å². The number of rotatable bonds is 7. The molecule has 0 radical (unpaired) electrons. The van der Waals surface area contributed by atoms with E-state index in [9.17, 15) is 14.4 Å². The van der Waals surface area contributed by atoms with Gasteiger partial charge in [0.15, 0.2) is 5.82 Å². The highest BCUT2D eigenvalue weighted by atomic mass is 16.5. The molecule has 0 bridgehead atoms. The second-order valence-electron chi connectivity index (χ2n) is 5.74. The Balaban J connectivity index is 1.80. The molecular formula is C16H17N5O5. The molecule has 1 aromatic heterocycles. The zero-order chi connectivity index (χ0) is 18.7. The highest BCUT2D eigenvalue weighted by molar-refractivity contribution is 6.04. The molecule has 1 unspecified atom stereocenters. The topological polar surface area (TPSA) is 135 Å². The summed E-state index contributed by atoms with van der Waals surface area (Å²) in [6, 6.07) is 5.96. The van der Waals surface area contributed by atoms with Crippen LogP contribution in [0.5, 0.6) is 5.75 Å². The van der Waals surface area contributed by atoms with Crippen molar-refractivity contribution in [2.45, 2.75) is 25.4 Å². The maximum atomic E-state index is 11.7. The van der Waals surface area contributed by atoms with E-state index < -0.39 is 23.9 Å². The summed E-state index contributed by atoms with van der Waals surface area (Å²) in [5.74, 6) is -0.0835. The van der Waals surface area contributed by atoms with Gasteiger partial charge in [-0.25, -0.2) is 14.5 Å². The lowest BCUT2D eigenvalue weighted by Gasteiger charge is -2.07. The van der Waals surface area contributed by atoms with Crippen LogP contribution < -0.4 is 15.4 Å². The summed E-state index contributed by atoms with van der Waals surface area (Å²) in [5, 5.41) is 17.9. The third-order valence-electron chi connectivity index (χ3n) is 3.84. The molecule has 2 heterocycles. The Morgan fingerprint density at radius 3 is 2.62 bits per heavy atom. The van der Waals surface area contributed by atoms with Crippen molar-refractivity contribution < 1.29 is 24.2 Å². The number of imide groups is 1. The van der Waals surface area contributed by atoms with Crippen molar-refractivity contribution in [2.75, 3.05) is 7.11 Å². The molecular weight excluding hydrogens is 342 g/mol. The summed E-state index contributed by atoms with van der Waals surface area (Å²) in [6.45, 7) is -0.382. The molecule has 1 saturated heterocycles. The fraction of sp³-hybridized carbons (Fsp3) is 0.312. The Hall–Kier alpha value is -3.43. The maximum absolute atomic E-state index is 11.7. The van der Waals surface area contributed by atoms with Gasteiger partial charge in [0.1, 0.15) is 24.2 Å². The highest BCUT2D eigenvalue weighted by Crippen LogP contribution is 2.14. The molecule has 10 nitrogen and oxygen atoms in total. The molecule has 3 N–H and O–H groups in total. The number of hydrogen-bond acceptors (Lipinski definition) is 6. The van der Waals surface area contributed by atoms with Crippen molar-refractivity contribution in [1.29, 1.82) is 0 Å². The SMILES string of the molecule is COc1ccc(Cc2nc(CC3NC(=O)NC3=O)n(CC(=O)O)n2)cc1. The van der Waals surface area contributed by atoms with Gasteiger partial charge in [0, 0.05) is 12.8 Å². The summed E-state index contributed by atoms with van der Waals surface area (Å²) >= 11 is 0. The van der Waals surface area contributed by atoms with Crippen LogP contribution in [0.3, 0.4) is 0 Å². The second-order valence-corrected chi connectivity index (χ2v) is 5.74. The van der Waals surface area contributed by atoms with Gasteiger partial charge in [-0.05, 0) is 17.7 Å². The number of carboxylic acids is 1. The number of nitrogens with zero attached hydrogens (tertiary/aromatic N) is 3. The molecule has 1 fully saturated rings. The van der Waals surface area contributed by atoms with Gasteiger partial charge >= 0.3 is 12.0 Å². The van der Waals surface area contributed by atoms with Gasteiger partial charge in [-0.3, -0.25) is 14.9 Å². The first-order valence-electron chi connectivity index (χ1n) is 7.83. The number of hydrogen-bond donors (Lipinski definition) is 3. The lowest BCUT2D eigenvalue weighted by atomic mass is 10.1. The summed E-state index contributed by atoms with van der Waals surface area (Å²) in [7, 11) is 1.58. The van der Waals surface area contributed by atoms with E-state index in [1.807, 2.05) is 24.3 Å². The minimum absolute atomic E-state index is 0.0560. The molecule has 0 aliphatic carbocycles. The number of nitrogens with one attached hydrogen (secondary N) is 2. The van der Waals surface area contributed by atoms with Crippen molar-refractivity contribution >= 4 is 17.9 Å². The first kappa shape index (κ1) is 17.4. The van der Waals surface area contributed by atoms with Gasteiger partial charge < -0.3 is 15.2 Å². The van der Waals surface area contributed by atoms with Crippen LogP contribution in [0.25, 0.3) is 0 Å². The molecule has 10 heteroatoms. The molecule has 3 rings (SSSR count). The van der Waals surface area contributed by atoms with E-state index in [4.69, 9.17) is 9.84 Å². The normalized spacial score (nSPS) is 16.3. The summed E-state index contributed by atoms with van der Waals surface area (Å²) in [6.07, 6.45) is 0.452. The van der Waals surface area contributed by atoms with Gasteiger partial charge in [-0.1, -0.05) is 12.1 Å². The number of urea groups is 1. The van der Waals surface area contributed by atoms with Crippen LogP contribution in [0.15, 0.2) is 24.3 Å². The summed E-state index contributed by atoms with van der Waals surface area (Å²) < 4.78 is 6.34. The van der Waals surface area contributed by atoms with Crippen LogP contribution in [-0.2, 0) is 29.0 Å². The molecule has 26 heavy (non-hydrogen) atoms. The van der Waals surface area contributed by atoms with E-state index in [2.05, 4.69) is 20.7 Å². The van der Waals surface area contributed by atoms with Crippen molar-refractivity contribution in [3.63, 3.8) is 0 Å². The minimum atomic E-state index is -1.08. The fourth-order valence-corrected chi connectivity index (χ4v) is 2.62. The third-order valence-corrected chi connectivity index (χ3v) is 3.84. The van der Waals surface area contributed by atoms with Gasteiger partial charge in [0.05, 0.1) is 7.11 Å². The van der Waals surface area contributed by atoms with Crippen LogP contribution in [0.1, 0.15) is 17.2 Å².